The molecule has 0 saturated heterocycles. The third-order valence-electron chi connectivity index (χ3n) is 4.33. The Bertz CT molecular complexity index is 811. The van der Waals surface area contributed by atoms with Crippen molar-refractivity contribution in [2.24, 2.45) is 0 Å². The largest absolute Gasteiger partial charge is 0.378 e. The van der Waals surface area contributed by atoms with Crippen molar-refractivity contribution in [2.75, 3.05) is 38.0 Å². The monoisotopic (exact) mass is 357 g/mol. The maximum atomic E-state index is 9.31. The Morgan fingerprint density at radius 2 is 1.11 bits per heavy atom. The van der Waals surface area contributed by atoms with Crippen molar-refractivity contribution in [1.29, 1.82) is 5.26 Å². The van der Waals surface area contributed by atoms with E-state index in [9.17, 15) is 5.26 Å². The van der Waals surface area contributed by atoms with E-state index in [1.165, 1.54) is 0 Å². The molecule has 0 aliphatic rings. The van der Waals surface area contributed by atoms with Crippen LogP contribution in [0.2, 0.25) is 0 Å². The Morgan fingerprint density at radius 3 is 1.41 bits per heavy atom. The van der Waals surface area contributed by atoms with Gasteiger partial charge < -0.3 is 9.80 Å². The van der Waals surface area contributed by atoms with Gasteiger partial charge in [0.1, 0.15) is 0 Å². The summed E-state index contributed by atoms with van der Waals surface area (Å²) >= 11 is 0. The molecule has 0 radical (unpaired) electrons. The third kappa shape index (κ3) is 5.90. The maximum Gasteiger partial charge on any atom is 0.0950 e. The van der Waals surface area contributed by atoms with Gasteiger partial charge in [0.15, 0.2) is 0 Å². The molecule has 27 heavy (non-hydrogen) atoms. The number of nitriles is 1. The zero-order valence-electron chi connectivity index (χ0n) is 16.8. The number of hydrogen-bond donors (Lipinski definition) is 0. The SMILES string of the molecule is CC(C#N)=C(C=Cc1ccc(N(C)C)cc1)C=Cc1ccc(N(C)C)cc1. The van der Waals surface area contributed by atoms with Gasteiger partial charge in [-0.05, 0) is 47.9 Å². The first-order valence-electron chi connectivity index (χ1n) is 8.92. The molecule has 0 bridgehead atoms. The van der Waals surface area contributed by atoms with Gasteiger partial charge in [0, 0.05) is 45.1 Å². The molecule has 3 heteroatoms. The molecule has 0 fully saturated rings. The first-order valence-corrected chi connectivity index (χ1v) is 8.92. The molecule has 0 spiro atoms. The lowest BCUT2D eigenvalue weighted by molar-refractivity contribution is 1.13. The molecule has 0 heterocycles. The molecule has 2 aromatic carbocycles. The van der Waals surface area contributed by atoms with E-state index in [0.717, 1.165) is 28.1 Å². The number of hydrogen-bond acceptors (Lipinski definition) is 3. The zero-order valence-corrected chi connectivity index (χ0v) is 16.8. The third-order valence-corrected chi connectivity index (χ3v) is 4.33. The molecule has 0 amide bonds. The normalized spacial score (nSPS) is 10.8. The second-order valence-electron chi connectivity index (χ2n) is 6.83. The van der Waals surface area contributed by atoms with Crippen LogP contribution in [0.25, 0.3) is 12.2 Å². The predicted octanol–water partition coefficient (Wildman–Crippen LogP) is 5.39. The highest BCUT2D eigenvalue weighted by molar-refractivity contribution is 5.64. The van der Waals surface area contributed by atoms with E-state index < -0.39 is 0 Å². The second kappa shape index (κ2) is 9.45. The molecule has 2 rings (SSSR count). The summed E-state index contributed by atoms with van der Waals surface area (Å²) in [5, 5.41) is 9.31. The predicted molar refractivity (Wildman–Crippen MR) is 118 cm³/mol. The summed E-state index contributed by atoms with van der Waals surface area (Å²) in [6.45, 7) is 1.84. The number of rotatable bonds is 6. The van der Waals surface area contributed by atoms with Crippen LogP contribution in [0.3, 0.4) is 0 Å². The fourth-order valence-electron chi connectivity index (χ4n) is 2.51. The van der Waals surface area contributed by atoms with Gasteiger partial charge in [0.25, 0.3) is 0 Å². The van der Waals surface area contributed by atoms with Crippen LogP contribution < -0.4 is 9.80 Å². The highest BCUT2D eigenvalue weighted by Gasteiger charge is 1.98. The van der Waals surface area contributed by atoms with Crippen LogP contribution in [0.4, 0.5) is 11.4 Å². The van der Waals surface area contributed by atoms with Gasteiger partial charge in [-0.25, -0.2) is 0 Å². The van der Waals surface area contributed by atoms with Crippen LogP contribution in [0.15, 0.2) is 71.8 Å². The van der Waals surface area contributed by atoms with Crippen molar-refractivity contribution in [3.63, 3.8) is 0 Å². The first-order chi connectivity index (χ1) is 12.9. The first kappa shape index (κ1) is 20.1. The van der Waals surface area contributed by atoms with Gasteiger partial charge in [-0.2, -0.15) is 5.26 Å². The number of anilines is 2. The summed E-state index contributed by atoms with van der Waals surface area (Å²) in [5.74, 6) is 0. The van der Waals surface area contributed by atoms with E-state index >= 15 is 0 Å². The van der Waals surface area contributed by atoms with Crippen LogP contribution in [0.5, 0.6) is 0 Å². The van der Waals surface area contributed by atoms with Crippen LogP contribution in [-0.4, -0.2) is 28.2 Å². The summed E-state index contributed by atoms with van der Waals surface area (Å²) in [4.78, 5) is 4.14. The second-order valence-corrected chi connectivity index (χ2v) is 6.83. The molecule has 0 atom stereocenters. The van der Waals surface area contributed by atoms with E-state index in [-0.39, 0.29) is 0 Å². The smallest absolute Gasteiger partial charge is 0.0950 e. The van der Waals surface area contributed by atoms with E-state index in [1.807, 2.05) is 59.4 Å². The Labute approximate surface area is 163 Å². The zero-order chi connectivity index (χ0) is 19.8. The number of benzene rings is 2. The molecule has 2 aromatic rings. The highest BCUT2D eigenvalue weighted by atomic mass is 15.1. The summed E-state index contributed by atoms with van der Waals surface area (Å²) in [7, 11) is 8.10. The average molecular weight is 358 g/mol. The van der Waals surface area contributed by atoms with E-state index in [4.69, 9.17) is 0 Å². The molecular weight excluding hydrogens is 330 g/mol. The molecule has 0 aromatic heterocycles. The minimum atomic E-state index is 0.692. The topological polar surface area (TPSA) is 30.3 Å². The lowest BCUT2D eigenvalue weighted by Gasteiger charge is -2.12. The van der Waals surface area contributed by atoms with Crippen LogP contribution in [0, 0.1) is 11.3 Å². The minimum absolute atomic E-state index is 0.692. The van der Waals surface area contributed by atoms with Gasteiger partial charge in [-0.3, -0.25) is 0 Å². The van der Waals surface area contributed by atoms with Crippen molar-refractivity contribution >= 4 is 23.5 Å². The summed E-state index contributed by atoms with van der Waals surface area (Å²) in [6, 6.07) is 18.9. The number of allylic oxidation sites excluding steroid dienone is 4. The summed E-state index contributed by atoms with van der Waals surface area (Å²) in [5.41, 5.74) is 6.14. The Hall–Kier alpha value is -3.25. The Morgan fingerprint density at radius 1 is 0.741 bits per heavy atom. The standard InChI is InChI=1S/C24H27N3/c1-19(18-25)22(12-6-20-8-14-23(15-9-20)26(2)3)13-7-21-10-16-24(17-11-21)27(4)5/h6-17H,1-5H3. The van der Waals surface area contributed by atoms with E-state index in [0.29, 0.717) is 5.57 Å². The lowest BCUT2D eigenvalue weighted by Crippen LogP contribution is -2.07. The van der Waals surface area contributed by atoms with Crippen molar-refractivity contribution in [2.45, 2.75) is 6.92 Å². The highest BCUT2D eigenvalue weighted by Crippen LogP contribution is 2.17. The Kier molecular flexibility index (Phi) is 7.02. The molecule has 0 aliphatic heterocycles. The average Bonchev–Trinajstić information content (AvgIpc) is 2.68. The summed E-state index contributed by atoms with van der Waals surface area (Å²) in [6.07, 6.45) is 8.06. The van der Waals surface area contributed by atoms with Gasteiger partial charge in [-0.15, -0.1) is 0 Å². The van der Waals surface area contributed by atoms with Gasteiger partial charge in [0.2, 0.25) is 0 Å². The van der Waals surface area contributed by atoms with Crippen molar-refractivity contribution in [3.05, 3.63) is 83.0 Å². The maximum absolute atomic E-state index is 9.31. The van der Waals surface area contributed by atoms with Gasteiger partial charge >= 0.3 is 0 Å². The molecule has 0 saturated carbocycles. The molecule has 0 unspecified atom stereocenters. The van der Waals surface area contributed by atoms with Crippen molar-refractivity contribution in [1.82, 2.24) is 0 Å². The van der Waals surface area contributed by atoms with Crippen LogP contribution in [0.1, 0.15) is 18.1 Å². The van der Waals surface area contributed by atoms with Crippen LogP contribution in [-0.2, 0) is 0 Å². The quantitative estimate of drug-likeness (QED) is 0.513. The Balaban J connectivity index is 2.19. The lowest BCUT2D eigenvalue weighted by atomic mass is 10.1. The van der Waals surface area contributed by atoms with Crippen molar-refractivity contribution < 1.29 is 0 Å². The number of nitrogens with zero attached hydrogens (tertiary/aromatic N) is 3. The minimum Gasteiger partial charge on any atom is -0.378 e. The fraction of sp³-hybridized carbons (Fsp3) is 0.208. The summed E-state index contributed by atoms with van der Waals surface area (Å²) < 4.78 is 0. The molecule has 0 N–H and O–H groups in total. The van der Waals surface area contributed by atoms with Gasteiger partial charge in [0.05, 0.1) is 6.07 Å². The molecule has 138 valence electrons. The fourth-order valence-corrected chi connectivity index (χ4v) is 2.51. The van der Waals surface area contributed by atoms with Crippen LogP contribution >= 0.6 is 0 Å². The van der Waals surface area contributed by atoms with Gasteiger partial charge in [-0.1, -0.05) is 48.6 Å². The van der Waals surface area contributed by atoms with E-state index in [2.05, 4.69) is 64.4 Å². The van der Waals surface area contributed by atoms with Crippen molar-refractivity contribution in [3.8, 4) is 6.07 Å². The molecule has 0 aliphatic carbocycles. The van der Waals surface area contributed by atoms with E-state index in [1.54, 1.807) is 0 Å². The molecular formula is C24H27N3. The molecule has 3 nitrogen and oxygen atoms in total.